The fraction of sp³-hybridized carbons (Fsp3) is 0.400. The molecule has 1 aliphatic rings. The SMILES string of the molecule is O=C(O)C1CC1C(=O)NCc1cc[nH]c1. The number of hydrogen-bond donors (Lipinski definition) is 3. The number of carbonyl (C=O) groups is 2. The largest absolute Gasteiger partial charge is 0.481 e. The Hall–Kier alpha value is -1.78. The van der Waals surface area contributed by atoms with Crippen molar-refractivity contribution in [3.63, 3.8) is 0 Å². The van der Waals surface area contributed by atoms with E-state index in [9.17, 15) is 9.59 Å². The highest BCUT2D eigenvalue weighted by atomic mass is 16.4. The van der Waals surface area contributed by atoms with Crippen molar-refractivity contribution in [3.8, 4) is 0 Å². The van der Waals surface area contributed by atoms with E-state index in [1.807, 2.05) is 6.07 Å². The number of carbonyl (C=O) groups excluding carboxylic acids is 1. The molecule has 0 aliphatic heterocycles. The lowest BCUT2D eigenvalue weighted by Gasteiger charge is -2.01. The normalized spacial score (nSPS) is 23.5. The quantitative estimate of drug-likeness (QED) is 0.667. The van der Waals surface area contributed by atoms with E-state index in [1.54, 1.807) is 12.4 Å². The standard InChI is InChI=1S/C10H12N2O3/c13-9(7-3-8(7)10(14)15)12-5-6-1-2-11-4-6/h1-2,4,7-8,11H,3,5H2,(H,12,13)(H,14,15). The van der Waals surface area contributed by atoms with Crippen molar-refractivity contribution in [2.75, 3.05) is 0 Å². The molecule has 5 nitrogen and oxygen atoms in total. The first-order chi connectivity index (χ1) is 7.18. The van der Waals surface area contributed by atoms with Crippen molar-refractivity contribution < 1.29 is 14.7 Å². The smallest absolute Gasteiger partial charge is 0.307 e. The Bertz CT molecular complexity index is 372. The summed E-state index contributed by atoms with van der Waals surface area (Å²) in [5, 5.41) is 11.3. The summed E-state index contributed by atoms with van der Waals surface area (Å²) in [6.07, 6.45) is 4.04. The van der Waals surface area contributed by atoms with Gasteiger partial charge in [0.05, 0.1) is 11.8 Å². The lowest BCUT2D eigenvalue weighted by molar-refractivity contribution is -0.140. The Kier molecular flexibility index (Phi) is 2.45. The third kappa shape index (κ3) is 2.18. The number of amides is 1. The van der Waals surface area contributed by atoms with E-state index in [2.05, 4.69) is 10.3 Å². The van der Waals surface area contributed by atoms with E-state index in [0.717, 1.165) is 5.56 Å². The maximum absolute atomic E-state index is 11.4. The van der Waals surface area contributed by atoms with Crippen LogP contribution in [0.5, 0.6) is 0 Å². The lowest BCUT2D eigenvalue weighted by Crippen LogP contribution is -2.25. The molecule has 15 heavy (non-hydrogen) atoms. The van der Waals surface area contributed by atoms with E-state index in [-0.39, 0.29) is 11.8 Å². The molecular weight excluding hydrogens is 196 g/mol. The summed E-state index contributed by atoms with van der Waals surface area (Å²) in [6.45, 7) is 0.450. The maximum atomic E-state index is 11.4. The average Bonchev–Trinajstić information content (AvgIpc) is 2.85. The topological polar surface area (TPSA) is 82.2 Å². The van der Waals surface area contributed by atoms with E-state index >= 15 is 0 Å². The van der Waals surface area contributed by atoms with Crippen LogP contribution in [0.3, 0.4) is 0 Å². The second-order valence-corrected chi connectivity index (χ2v) is 3.72. The zero-order valence-corrected chi connectivity index (χ0v) is 8.06. The van der Waals surface area contributed by atoms with Gasteiger partial charge in [-0.3, -0.25) is 9.59 Å². The molecule has 1 aromatic heterocycles. The van der Waals surface area contributed by atoms with Gasteiger partial charge in [-0.15, -0.1) is 0 Å². The first-order valence-corrected chi connectivity index (χ1v) is 4.80. The molecule has 5 heteroatoms. The molecular formula is C10H12N2O3. The number of hydrogen-bond acceptors (Lipinski definition) is 2. The first-order valence-electron chi connectivity index (χ1n) is 4.80. The van der Waals surface area contributed by atoms with Crippen LogP contribution in [0.1, 0.15) is 12.0 Å². The number of carboxylic acids is 1. The van der Waals surface area contributed by atoms with Gasteiger partial charge in [-0.05, 0) is 18.1 Å². The Morgan fingerprint density at radius 1 is 1.53 bits per heavy atom. The number of H-pyrrole nitrogens is 1. The fourth-order valence-corrected chi connectivity index (χ4v) is 1.55. The highest BCUT2D eigenvalue weighted by Crippen LogP contribution is 2.38. The van der Waals surface area contributed by atoms with Gasteiger partial charge >= 0.3 is 5.97 Å². The summed E-state index contributed by atoms with van der Waals surface area (Å²) in [6, 6.07) is 1.86. The van der Waals surface area contributed by atoms with E-state index in [0.29, 0.717) is 13.0 Å². The molecule has 0 radical (unpaired) electrons. The van der Waals surface area contributed by atoms with Gasteiger partial charge in [0.25, 0.3) is 0 Å². The van der Waals surface area contributed by atoms with E-state index < -0.39 is 11.9 Å². The molecule has 2 unspecified atom stereocenters. The van der Waals surface area contributed by atoms with Gasteiger partial charge < -0.3 is 15.4 Å². The minimum atomic E-state index is -0.878. The third-order valence-electron chi connectivity index (χ3n) is 2.57. The van der Waals surface area contributed by atoms with Crippen LogP contribution in [0, 0.1) is 11.8 Å². The van der Waals surface area contributed by atoms with Crippen molar-refractivity contribution in [2.24, 2.45) is 11.8 Å². The Balaban J connectivity index is 1.77. The molecule has 0 spiro atoms. The lowest BCUT2D eigenvalue weighted by atomic mass is 10.3. The van der Waals surface area contributed by atoms with E-state index in [4.69, 9.17) is 5.11 Å². The molecule has 1 saturated carbocycles. The van der Waals surface area contributed by atoms with Gasteiger partial charge in [0.2, 0.25) is 5.91 Å². The van der Waals surface area contributed by atoms with Crippen molar-refractivity contribution in [2.45, 2.75) is 13.0 Å². The minimum Gasteiger partial charge on any atom is -0.481 e. The number of nitrogens with one attached hydrogen (secondary N) is 2. The monoisotopic (exact) mass is 208 g/mol. The number of carboxylic acid groups (broad SMARTS) is 1. The molecule has 1 aromatic rings. The summed E-state index contributed by atoms with van der Waals surface area (Å²) in [5.41, 5.74) is 0.982. The predicted octanol–water partition coefficient (Wildman–Crippen LogP) is 0.352. The van der Waals surface area contributed by atoms with Gasteiger partial charge in [0.1, 0.15) is 0 Å². The van der Waals surface area contributed by atoms with Crippen molar-refractivity contribution in [1.82, 2.24) is 10.3 Å². The van der Waals surface area contributed by atoms with E-state index in [1.165, 1.54) is 0 Å². The Labute approximate surface area is 86.5 Å². The van der Waals surface area contributed by atoms with Crippen LogP contribution < -0.4 is 5.32 Å². The molecule has 1 fully saturated rings. The van der Waals surface area contributed by atoms with Gasteiger partial charge in [0, 0.05) is 18.9 Å². The van der Waals surface area contributed by atoms with Crippen LogP contribution in [-0.2, 0) is 16.1 Å². The maximum Gasteiger partial charge on any atom is 0.307 e. The number of aromatic nitrogens is 1. The average molecular weight is 208 g/mol. The fourth-order valence-electron chi connectivity index (χ4n) is 1.55. The summed E-state index contributed by atoms with van der Waals surface area (Å²) < 4.78 is 0. The molecule has 0 saturated heterocycles. The van der Waals surface area contributed by atoms with Crippen LogP contribution in [0.15, 0.2) is 18.5 Å². The molecule has 0 aromatic carbocycles. The summed E-state index contributed by atoms with van der Waals surface area (Å²) in [7, 11) is 0. The molecule has 1 amide bonds. The predicted molar refractivity (Wildman–Crippen MR) is 51.9 cm³/mol. The zero-order valence-electron chi connectivity index (χ0n) is 8.06. The Morgan fingerprint density at radius 3 is 2.87 bits per heavy atom. The molecule has 3 N–H and O–H groups in total. The summed E-state index contributed by atoms with van der Waals surface area (Å²) in [5.74, 6) is -1.85. The van der Waals surface area contributed by atoms with Crippen LogP contribution >= 0.6 is 0 Å². The Morgan fingerprint density at radius 2 is 2.33 bits per heavy atom. The van der Waals surface area contributed by atoms with Crippen molar-refractivity contribution in [3.05, 3.63) is 24.0 Å². The summed E-state index contributed by atoms with van der Waals surface area (Å²) in [4.78, 5) is 24.8. The highest BCUT2D eigenvalue weighted by Gasteiger charge is 2.48. The van der Waals surface area contributed by atoms with Crippen LogP contribution in [-0.4, -0.2) is 22.0 Å². The molecule has 0 bridgehead atoms. The van der Waals surface area contributed by atoms with Crippen LogP contribution in [0.2, 0.25) is 0 Å². The van der Waals surface area contributed by atoms with Gasteiger partial charge in [-0.25, -0.2) is 0 Å². The number of aromatic amines is 1. The first kappa shape index (κ1) is 9.76. The minimum absolute atomic E-state index is 0.163. The van der Waals surface area contributed by atoms with Gasteiger partial charge in [-0.1, -0.05) is 0 Å². The number of aliphatic carboxylic acids is 1. The number of rotatable bonds is 4. The summed E-state index contributed by atoms with van der Waals surface area (Å²) >= 11 is 0. The molecule has 1 heterocycles. The van der Waals surface area contributed by atoms with Gasteiger partial charge in [0.15, 0.2) is 0 Å². The second-order valence-electron chi connectivity index (χ2n) is 3.72. The molecule has 80 valence electrons. The molecule has 2 rings (SSSR count). The molecule has 1 aliphatic carbocycles. The van der Waals surface area contributed by atoms with Crippen LogP contribution in [0.4, 0.5) is 0 Å². The third-order valence-corrected chi connectivity index (χ3v) is 2.57. The van der Waals surface area contributed by atoms with Gasteiger partial charge in [-0.2, -0.15) is 0 Å². The second kappa shape index (κ2) is 3.76. The zero-order chi connectivity index (χ0) is 10.8. The van der Waals surface area contributed by atoms with Crippen molar-refractivity contribution >= 4 is 11.9 Å². The van der Waals surface area contributed by atoms with Crippen molar-refractivity contribution in [1.29, 1.82) is 0 Å². The van der Waals surface area contributed by atoms with Crippen LogP contribution in [0.25, 0.3) is 0 Å². The highest BCUT2D eigenvalue weighted by molar-refractivity contribution is 5.89. The molecule has 2 atom stereocenters.